The van der Waals surface area contributed by atoms with Crippen molar-refractivity contribution in [2.24, 2.45) is 0 Å². The number of non-ortho nitro benzene ring substituents is 1. The van der Waals surface area contributed by atoms with Crippen LogP contribution in [0.3, 0.4) is 0 Å². The fourth-order valence-corrected chi connectivity index (χ4v) is 2.95. The molecule has 0 fully saturated rings. The van der Waals surface area contributed by atoms with Crippen molar-refractivity contribution < 1.29 is 14.5 Å². The summed E-state index contributed by atoms with van der Waals surface area (Å²) >= 11 is 5.14. The van der Waals surface area contributed by atoms with E-state index in [1.807, 2.05) is 19.1 Å². The average molecular weight is 434 g/mol. The van der Waals surface area contributed by atoms with Crippen LogP contribution in [0.4, 0.5) is 17.1 Å². The molecule has 0 aromatic heterocycles. The molecule has 3 rings (SSSR count). The lowest BCUT2D eigenvalue weighted by atomic mass is 10.1. The quantitative estimate of drug-likeness (QED) is 0.314. The van der Waals surface area contributed by atoms with Crippen LogP contribution < -0.4 is 16.0 Å². The zero-order chi connectivity index (χ0) is 22.4. The Balaban J connectivity index is 1.56. The van der Waals surface area contributed by atoms with Crippen LogP contribution >= 0.6 is 12.2 Å². The minimum Gasteiger partial charge on any atom is -0.332 e. The van der Waals surface area contributed by atoms with Gasteiger partial charge in [-0.15, -0.1) is 0 Å². The van der Waals surface area contributed by atoms with Gasteiger partial charge in [-0.2, -0.15) is 0 Å². The Morgan fingerprint density at radius 1 is 0.839 bits per heavy atom. The first-order valence-electron chi connectivity index (χ1n) is 9.17. The van der Waals surface area contributed by atoms with Crippen LogP contribution in [0.1, 0.15) is 26.3 Å². The molecule has 0 bridgehead atoms. The van der Waals surface area contributed by atoms with Crippen LogP contribution in [0, 0.1) is 17.0 Å². The van der Waals surface area contributed by atoms with Crippen LogP contribution in [-0.2, 0) is 0 Å². The predicted octanol–water partition coefficient (Wildman–Crippen LogP) is 4.28. The normalized spacial score (nSPS) is 10.1. The number of hydrogen-bond donors (Lipinski definition) is 3. The van der Waals surface area contributed by atoms with E-state index in [1.165, 1.54) is 24.3 Å². The summed E-state index contributed by atoms with van der Waals surface area (Å²) in [6.45, 7) is 1.87. The molecule has 3 aromatic rings. The Morgan fingerprint density at radius 2 is 1.42 bits per heavy atom. The van der Waals surface area contributed by atoms with Gasteiger partial charge in [-0.05, 0) is 67.2 Å². The van der Waals surface area contributed by atoms with Gasteiger partial charge >= 0.3 is 0 Å². The molecule has 156 valence electrons. The molecule has 3 N–H and O–H groups in total. The number of carbonyl (C=O) groups is 2. The van der Waals surface area contributed by atoms with E-state index in [4.69, 9.17) is 12.2 Å². The van der Waals surface area contributed by atoms with E-state index < -0.39 is 10.8 Å². The van der Waals surface area contributed by atoms with Gasteiger partial charge in [0, 0.05) is 34.6 Å². The van der Waals surface area contributed by atoms with E-state index >= 15 is 0 Å². The molecule has 0 saturated carbocycles. The third-order valence-corrected chi connectivity index (χ3v) is 4.56. The molecular formula is C22H18N4O4S. The van der Waals surface area contributed by atoms with Crippen molar-refractivity contribution in [3.63, 3.8) is 0 Å². The van der Waals surface area contributed by atoms with Crippen molar-refractivity contribution in [1.82, 2.24) is 5.32 Å². The van der Waals surface area contributed by atoms with Crippen molar-refractivity contribution >= 4 is 46.2 Å². The molecule has 0 spiro atoms. The Hall–Kier alpha value is -4.11. The lowest BCUT2D eigenvalue weighted by molar-refractivity contribution is -0.384. The monoisotopic (exact) mass is 434 g/mol. The first-order chi connectivity index (χ1) is 14.8. The van der Waals surface area contributed by atoms with Gasteiger partial charge in [0.25, 0.3) is 17.5 Å². The second-order valence-electron chi connectivity index (χ2n) is 6.56. The Bertz CT molecular complexity index is 1140. The molecule has 0 heterocycles. The topological polar surface area (TPSA) is 113 Å². The van der Waals surface area contributed by atoms with E-state index in [0.717, 1.165) is 5.56 Å². The highest BCUT2D eigenvalue weighted by Gasteiger charge is 2.11. The minimum absolute atomic E-state index is 0.0695. The molecule has 3 aromatic carbocycles. The highest BCUT2D eigenvalue weighted by molar-refractivity contribution is 7.80. The molecule has 0 aliphatic carbocycles. The summed E-state index contributed by atoms with van der Waals surface area (Å²) in [5, 5.41) is 19.0. The first kappa shape index (κ1) is 21.6. The van der Waals surface area contributed by atoms with Gasteiger partial charge in [-0.1, -0.05) is 18.2 Å². The maximum Gasteiger partial charge on any atom is 0.269 e. The standard InChI is InChI=1S/C22H18N4O4S/c1-14-4-2-3-5-19(14)21(28)23-16-8-10-17(11-9-16)24-22(31)25-20(27)15-6-12-18(13-7-15)26(29)30/h2-13H,1H3,(H,23,28)(H2,24,25,27,31). The molecule has 31 heavy (non-hydrogen) atoms. The number of carbonyl (C=O) groups excluding carboxylic acids is 2. The summed E-state index contributed by atoms with van der Waals surface area (Å²) in [6.07, 6.45) is 0. The van der Waals surface area contributed by atoms with Gasteiger partial charge in [-0.25, -0.2) is 0 Å². The third-order valence-electron chi connectivity index (χ3n) is 4.36. The summed E-state index contributed by atoms with van der Waals surface area (Å²) < 4.78 is 0. The summed E-state index contributed by atoms with van der Waals surface area (Å²) in [4.78, 5) is 34.7. The minimum atomic E-state index is -0.541. The number of amides is 2. The van der Waals surface area contributed by atoms with E-state index in [9.17, 15) is 19.7 Å². The van der Waals surface area contributed by atoms with Crippen molar-refractivity contribution in [2.75, 3.05) is 10.6 Å². The number of nitro groups is 1. The van der Waals surface area contributed by atoms with Gasteiger partial charge in [0.05, 0.1) is 4.92 Å². The Kier molecular flexibility index (Phi) is 6.68. The van der Waals surface area contributed by atoms with E-state index in [1.54, 1.807) is 36.4 Å². The largest absolute Gasteiger partial charge is 0.332 e. The number of benzene rings is 3. The number of rotatable bonds is 5. The van der Waals surface area contributed by atoms with Crippen molar-refractivity contribution in [2.45, 2.75) is 6.92 Å². The van der Waals surface area contributed by atoms with E-state index in [2.05, 4.69) is 16.0 Å². The van der Waals surface area contributed by atoms with Crippen LogP contribution in [0.25, 0.3) is 0 Å². The molecule has 0 radical (unpaired) electrons. The molecule has 0 saturated heterocycles. The fraction of sp³-hybridized carbons (Fsp3) is 0.0455. The maximum atomic E-state index is 12.4. The van der Waals surface area contributed by atoms with Gasteiger partial charge in [0.1, 0.15) is 0 Å². The first-order valence-corrected chi connectivity index (χ1v) is 9.58. The molecule has 9 heteroatoms. The van der Waals surface area contributed by atoms with Crippen molar-refractivity contribution in [1.29, 1.82) is 0 Å². The van der Waals surface area contributed by atoms with Crippen molar-refractivity contribution in [3.05, 3.63) is 99.6 Å². The number of nitrogens with zero attached hydrogens (tertiary/aromatic N) is 1. The zero-order valence-electron chi connectivity index (χ0n) is 16.4. The van der Waals surface area contributed by atoms with E-state index in [-0.39, 0.29) is 22.3 Å². The van der Waals surface area contributed by atoms with Gasteiger partial charge < -0.3 is 10.6 Å². The summed E-state index contributed by atoms with van der Waals surface area (Å²) in [5.74, 6) is -0.695. The maximum absolute atomic E-state index is 12.4. The SMILES string of the molecule is Cc1ccccc1C(=O)Nc1ccc(NC(=S)NC(=O)c2ccc([N+](=O)[O-])cc2)cc1. The second-order valence-corrected chi connectivity index (χ2v) is 6.97. The zero-order valence-corrected chi connectivity index (χ0v) is 17.2. The van der Waals surface area contributed by atoms with Gasteiger partial charge in [-0.3, -0.25) is 25.0 Å². The number of hydrogen-bond acceptors (Lipinski definition) is 5. The smallest absolute Gasteiger partial charge is 0.269 e. The highest BCUT2D eigenvalue weighted by atomic mass is 32.1. The van der Waals surface area contributed by atoms with Gasteiger partial charge in [0.2, 0.25) is 0 Å². The number of nitrogens with one attached hydrogen (secondary N) is 3. The van der Waals surface area contributed by atoms with Gasteiger partial charge in [0.15, 0.2) is 5.11 Å². The fourth-order valence-electron chi connectivity index (χ4n) is 2.74. The molecule has 0 aliphatic rings. The molecular weight excluding hydrogens is 416 g/mol. The summed E-state index contributed by atoms with van der Waals surface area (Å²) in [7, 11) is 0. The Labute approximate surface area is 183 Å². The van der Waals surface area contributed by atoms with Crippen LogP contribution in [0.2, 0.25) is 0 Å². The van der Waals surface area contributed by atoms with Crippen LogP contribution in [0.15, 0.2) is 72.8 Å². The number of thiocarbonyl (C=S) groups is 1. The second kappa shape index (κ2) is 9.59. The molecule has 8 nitrogen and oxygen atoms in total. The molecule has 2 amide bonds. The predicted molar refractivity (Wildman–Crippen MR) is 122 cm³/mol. The summed E-state index contributed by atoms with van der Waals surface area (Å²) in [5.41, 5.74) is 2.84. The molecule has 0 unspecified atom stereocenters. The van der Waals surface area contributed by atoms with Crippen LogP contribution in [0.5, 0.6) is 0 Å². The number of nitro benzene ring substituents is 1. The lowest BCUT2D eigenvalue weighted by Gasteiger charge is -2.11. The lowest BCUT2D eigenvalue weighted by Crippen LogP contribution is -2.34. The van der Waals surface area contributed by atoms with Crippen LogP contribution in [-0.4, -0.2) is 21.9 Å². The summed E-state index contributed by atoms with van der Waals surface area (Å²) in [6, 6.07) is 19.3. The third kappa shape index (κ3) is 5.71. The van der Waals surface area contributed by atoms with Crippen molar-refractivity contribution in [3.8, 4) is 0 Å². The number of aryl methyl sites for hydroxylation is 1. The molecule has 0 atom stereocenters. The Morgan fingerprint density at radius 3 is 2.00 bits per heavy atom. The highest BCUT2D eigenvalue weighted by Crippen LogP contribution is 2.16. The van der Waals surface area contributed by atoms with E-state index in [0.29, 0.717) is 16.9 Å². The number of anilines is 2. The average Bonchev–Trinajstić information content (AvgIpc) is 2.75. The molecule has 0 aliphatic heterocycles.